The molecule has 3 nitrogen and oxygen atoms in total. The molecule has 3 aromatic rings. The number of rotatable bonds is 5. The largest absolute Gasteiger partial charge is 0.455 e. The zero-order chi connectivity index (χ0) is 17.5. The summed E-state index contributed by atoms with van der Waals surface area (Å²) in [5.74, 6) is 0.630. The molecule has 0 fully saturated rings. The van der Waals surface area contributed by atoms with E-state index in [0.717, 1.165) is 5.56 Å². The number of ether oxygens (including phenoxy) is 1. The first-order valence-electron chi connectivity index (χ1n) is 7.77. The Labute approximate surface area is 145 Å². The van der Waals surface area contributed by atoms with Gasteiger partial charge in [-0.15, -0.1) is 0 Å². The summed E-state index contributed by atoms with van der Waals surface area (Å²) in [5.41, 5.74) is 1.31. The molecule has 0 spiro atoms. The quantitative estimate of drug-likeness (QED) is 0.646. The van der Waals surface area contributed by atoms with Crippen molar-refractivity contribution in [3.63, 3.8) is 0 Å². The Hall–Kier alpha value is -3.40. The fourth-order valence-electron chi connectivity index (χ4n) is 2.19. The first kappa shape index (κ1) is 16.5. The molecule has 25 heavy (non-hydrogen) atoms. The Kier molecular flexibility index (Phi) is 5.22. The van der Waals surface area contributed by atoms with Gasteiger partial charge in [0.1, 0.15) is 11.6 Å². The maximum atomic E-state index is 12.9. The number of anilines is 1. The van der Waals surface area contributed by atoms with Gasteiger partial charge in [0.05, 0.1) is 5.69 Å². The Morgan fingerprint density at radius 2 is 1.56 bits per heavy atom. The third-order valence-electron chi connectivity index (χ3n) is 3.41. The number of carbonyl (C=O) groups excluding carboxylic acids is 1. The van der Waals surface area contributed by atoms with Gasteiger partial charge in [0, 0.05) is 6.08 Å². The van der Waals surface area contributed by atoms with Crippen LogP contribution in [0, 0.1) is 5.82 Å². The molecule has 0 aliphatic heterocycles. The number of para-hydroxylation sites is 3. The average Bonchev–Trinajstić information content (AvgIpc) is 2.64. The van der Waals surface area contributed by atoms with Gasteiger partial charge in [0.2, 0.25) is 5.91 Å². The summed E-state index contributed by atoms with van der Waals surface area (Å²) in [4.78, 5) is 12.1. The van der Waals surface area contributed by atoms with Crippen molar-refractivity contribution in [1.82, 2.24) is 0 Å². The first-order valence-corrected chi connectivity index (χ1v) is 7.77. The van der Waals surface area contributed by atoms with Gasteiger partial charge in [-0.05, 0) is 48.0 Å². The van der Waals surface area contributed by atoms with Crippen LogP contribution in [0.3, 0.4) is 0 Å². The van der Waals surface area contributed by atoms with Crippen LogP contribution in [0.15, 0.2) is 84.9 Å². The van der Waals surface area contributed by atoms with Crippen LogP contribution < -0.4 is 10.1 Å². The molecule has 3 aromatic carbocycles. The van der Waals surface area contributed by atoms with Crippen molar-refractivity contribution in [3.05, 3.63) is 96.3 Å². The Bertz CT molecular complexity index is 874. The highest BCUT2D eigenvalue weighted by atomic mass is 19.1. The van der Waals surface area contributed by atoms with Gasteiger partial charge >= 0.3 is 0 Å². The maximum Gasteiger partial charge on any atom is 0.248 e. The lowest BCUT2D eigenvalue weighted by molar-refractivity contribution is -0.111. The lowest BCUT2D eigenvalue weighted by atomic mass is 10.2. The minimum Gasteiger partial charge on any atom is -0.455 e. The second kappa shape index (κ2) is 7.93. The highest BCUT2D eigenvalue weighted by molar-refractivity contribution is 6.02. The van der Waals surface area contributed by atoms with Crippen LogP contribution in [-0.2, 0) is 4.79 Å². The molecule has 0 saturated heterocycles. The van der Waals surface area contributed by atoms with E-state index in [0.29, 0.717) is 17.2 Å². The molecule has 124 valence electrons. The molecular formula is C21H16FNO2. The predicted molar refractivity (Wildman–Crippen MR) is 97.0 cm³/mol. The fourth-order valence-corrected chi connectivity index (χ4v) is 2.19. The SMILES string of the molecule is O=C(/C=C\c1ccc(F)cc1)Nc1ccccc1Oc1ccccc1. The summed E-state index contributed by atoms with van der Waals surface area (Å²) >= 11 is 0. The van der Waals surface area contributed by atoms with Gasteiger partial charge < -0.3 is 10.1 Å². The van der Waals surface area contributed by atoms with Gasteiger partial charge in [-0.1, -0.05) is 42.5 Å². The van der Waals surface area contributed by atoms with E-state index in [1.54, 1.807) is 30.3 Å². The minimum atomic E-state index is -0.311. The van der Waals surface area contributed by atoms with E-state index in [1.807, 2.05) is 42.5 Å². The van der Waals surface area contributed by atoms with Gasteiger partial charge in [-0.25, -0.2) is 4.39 Å². The molecule has 0 heterocycles. The van der Waals surface area contributed by atoms with E-state index in [4.69, 9.17) is 4.74 Å². The Morgan fingerprint density at radius 3 is 2.32 bits per heavy atom. The van der Waals surface area contributed by atoms with Crippen molar-refractivity contribution in [2.24, 2.45) is 0 Å². The maximum absolute atomic E-state index is 12.9. The van der Waals surface area contributed by atoms with Crippen LogP contribution in [-0.4, -0.2) is 5.91 Å². The molecule has 0 atom stereocenters. The third kappa shape index (κ3) is 4.78. The van der Waals surface area contributed by atoms with Crippen molar-refractivity contribution in [1.29, 1.82) is 0 Å². The summed E-state index contributed by atoms with van der Waals surface area (Å²) in [6.45, 7) is 0. The van der Waals surface area contributed by atoms with Crippen molar-refractivity contribution < 1.29 is 13.9 Å². The number of carbonyl (C=O) groups is 1. The third-order valence-corrected chi connectivity index (χ3v) is 3.41. The summed E-state index contributed by atoms with van der Waals surface area (Å²) < 4.78 is 18.7. The van der Waals surface area contributed by atoms with Gasteiger partial charge in [-0.3, -0.25) is 4.79 Å². The zero-order valence-electron chi connectivity index (χ0n) is 13.4. The molecular weight excluding hydrogens is 317 g/mol. The molecule has 0 aromatic heterocycles. The second-order valence-electron chi connectivity index (χ2n) is 5.29. The van der Waals surface area contributed by atoms with Gasteiger partial charge in [0.15, 0.2) is 5.75 Å². The van der Waals surface area contributed by atoms with Crippen molar-refractivity contribution in [3.8, 4) is 11.5 Å². The Balaban J connectivity index is 1.70. The number of hydrogen-bond acceptors (Lipinski definition) is 2. The summed E-state index contributed by atoms with van der Waals surface area (Å²) in [6.07, 6.45) is 3.02. The Morgan fingerprint density at radius 1 is 0.880 bits per heavy atom. The van der Waals surface area contributed by atoms with Gasteiger partial charge in [-0.2, -0.15) is 0 Å². The normalized spacial score (nSPS) is 10.6. The molecule has 0 bridgehead atoms. The van der Waals surface area contributed by atoms with Crippen LogP contribution in [0.4, 0.5) is 10.1 Å². The second-order valence-corrected chi connectivity index (χ2v) is 5.29. The lowest BCUT2D eigenvalue weighted by Crippen LogP contribution is -2.08. The molecule has 1 amide bonds. The van der Waals surface area contributed by atoms with E-state index < -0.39 is 0 Å². The van der Waals surface area contributed by atoms with Gasteiger partial charge in [0.25, 0.3) is 0 Å². The highest BCUT2D eigenvalue weighted by Crippen LogP contribution is 2.29. The molecule has 1 N–H and O–H groups in total. The molecule has 0 saturated carbocycles. The number of nitrogens with one attached hydrogen (secondary N) is 1. The van der Waals surface area contributed by atoms with E-state index in [1.165, 1.54) is 18.2 Å². The van der Waals surface area contributed by atoms with Crippen LogP contribution in [0.1, 0.15) is 5.56 Å². The van der Waals surface area contributed by atoms with Crippen molar-refractivity contribution in [2.45, 2.75) is 0 Å². The van der Waals surface area contributed by atoms with Crippen LogP contribution in [0.2, 0.25) is 0 Å². The molecule has 0 aliphatic rings. The monoisotopic (exact) mass is 333 g/mol. The topological polar surface area (TPSA) is 38.3 Å². The van der Waals surface area contributed by atoms with Crippen LogP contribution >= 0.6 is 0 Å². The average molecular weight is 333 g/mol. The fraction of sp³-hybridized carbons (Fsp3) is 0. The summed E-state index contributed by atoms with van der Waals surface area (Å²) in [5, 5.41) is 2.79. The molecule has 4 heteroatoms. The summed E-state index contributed by atoms with van der Waals surface area (Å²) in [6, 6.07) is 22.4. The number of benzene rings is 3. The summed E-state index contributed by atoms with van der Waals surface area (Å²) in [7, 11) is 0. The molecule has 3 rings (SSSR count). The number of hydrogen-bond donors (Lipinski definition) is 1. The molecule has 0 unspecified atom stereocenters. The number of amides is 1. The van der Waals surface area contributed by atoms with E-state index in [9.17, 15) is 9.18 Å². The van der Waals surface area contributed by atoms with E-state index >= 15 is 0 Å². The predicted octanol–water partition coefficient (Wildman–Crippen LogP) is 5.27. The number of halogens is 1. The molecule has 0 aliphatic carbocycles. The smallest absolute Gasteiger partial charge is 0.248 e. The van der Waals surface area contributed by atoms with E-state index in [-0.39, 0.29) is 11.7 Å². The van der Waals surface area contributed by atoms with Crippen LogP contribution in [0.5, 0.6) is 11.5 Å². The molecule has 0 radical (unpaired) electrons. The van der Waals surface area contributed by atoms with Crippen molar-refractivity contribution >= 4 is 17.7 Å². The standard InChI is InChI=1S/C21H16FNO2/c22-17-13-10-16(11-14-17)12-15-21(24)23-19-8-4-5-9-20(19)25-18-6-2-1-3-7-18/h1-15H,(H,23,24)/b15-12-. The highest BCUT2D eigenvalue weighted by Gasteiger charge is 2.06. The lowest BCUT2D eigenvalue weighted by Gasteiger charge is -2.11. The first-order chi connectivity index (χ1) is 12.2. The zero-order valence-corrected chi connectivity index (χ0v) is 13.4. The van der Waals surface area contributed by atoms with Crippen molar-refractivity contribution in [2.75, 3.05) is 5.32 Å². The van der Waals surface area contributed by atoms with E-state index in [2.05, 4.69) is 5.32 Å². The minimum absolute atomic E-state index is 0.298. The van der Waals surface area contributed by atoms with Crippen LogP contribution in [0.25, 0.3) is 6.08 Å².